The highest BCUT2D eigenvalue weighted by molar-refractivity contribution is 6.74. The highest BCUT2D eigenvalue weighted by Crippen LogP contribution is 2.54. The maximum Gasteiger partial charge on any atom is 0.192 e. The third-order valence-electron chi connectivity index (χ3n) is 9.05. The van der Waals surface area contributed by atoms with Gasteiger partial charge >= 0.3 is 0 Å². The zero-order valence-corrected chi connectivity index (χ0v) is 24.6. The van der Waals surface area contributed by atoms with Crippen molar-refractivity contribution in [2.45, 2.75) is 103 Å². The average Bonchev–Trinajstić information content (AvgIpc) is 3.06. The lowest BCUT2D eigenvalue weighted by Crippen LogP contribution is -2.60. The fourth-order valence-electron chi connectivity index (χ4n) is 6.24. The molecule has 1 aromatic rings. The number of fused-ring (bicyclic) bond motifs is 3. The van der Waals surface area contributed by atoms with Crippen molar-refractivity contribution in [1.82, 2.24) is 0 Å². The molecule has 0 radical (unpaired) electrons. The fourth-order valence-corrected chi connectivity index (χ4v) is 7.63. The van der Waals surface area contributed by atoms with E-state index in [9.17, 15) is 4.79 Å². The molecule has 6 nitrogen and oxygen atoms in total. The third-order valence-corrected chi connectivity index (χ3v) is 13.5. The molecule has 1 aliphatic heterocycles. The largest absolute Gasteiger partial charge is 0.497 e. The Hall–Kier alpha value is -1.25. The van der Waals surface area contributed by atoms with E-state index in [2.05, 4.69) is 40.8 Å². The molecule has 1 saturated heterocycles. The molecule has 5 rings (SSSR count). The van der Waals surface area contributed by atoms with Crippen molar-refractivity contribution < 1.29 is 28.2 Å². The molecule has 0 N–H and O–H groups in total. The van der Waals surface area contributed by atoms with Crippen LogP contribution in [0.3, 0.4) is 0 Å². The second-order valence-electron chi connectivity index (χ2n) is 13.0. The number of hydrogen-bond acceptors (Lipinski definition) is 6. The second-order valence-corrected chi connectivity index (χ2v) is 17.8. The minimum Gasteiger partial charge on any atom is -0.497 e. The van der Waals surface area contributed by atoms with E-state index in [1.165, 1.54) is 0 Å². The molecule has 7 atom stereocenters. The first-order valence-electron chi connectivity index (χ1n) is 13.5. The highest BCUT2D eigenvalue weighted by Gasteiger charge is 2.59. The highest BCUT2D eigenvalue weighted by atomic mass is 28.4. The number of Topliss-reactive ketones (excluding diaryl/α,β-unsaturated/α-hetero) is 1. The molecule has 4 aliphatic rings. The predicted octanol–water partition coefficient (Wildman–Crippen LogP) is 5.98. The number of rotatable bonds is 8. The Morgan fingerprint density at radius 2 is 1.78 bits per heavy atom. The van der Waals surface area contributed by atoms with Crippen LogP contribution in [0.2, 0.25) is 18.1 Å². The van der Waals surface area contributed by atoms with Crippen LogP contribution >= 0.6 is 0 Å². The number of carbonyl (C=O) groups excluding carboxylic acids is 1. The number of methoxy groups -OCH3 is 1. The SMILES string of the molecule is COc1ccc(COC[C@@H]2[C@@H]3CC(=O)[C@@H](C[C@H]3O[Si](C)(C)C(C)(C)C)[C@@H]2[C@H]2OC(C)(C)O[C@@H]2C)cc1. The molecule has 0 unspecified atom stereocenters. The molecule has 202 valence electrons. The normalized spacial score (nSPS) is 34.2. The number of benzene rings is 1. The summed E-state index contributed by atoms with van der Waals surface area (Å²) in [5, 5.41) is 0.119. The summed E-state index contributed by atoms with van der Waals surface area (Å²) in [6.07, 6.45) is 1.25. The standard InChI is InChI=1S/C29H46O6Si/c1-18-27(34-29(5,6)33-18)26-22-15-25(35-36(8,9)28(2,3)4)21(14-24(22)30)23(26)17-32-16-19-10-12-20(31-7)13-11-19/h10-13,18,21-23,25-27H,14-17H2,1-9H3/t18-,21+,22-,23-,25-,26+,27+/m1/s1. The summed E-state index contributed by atoms with van der Waals surface area (Å²) < 4.78 is 31.2. The Kier molecular flexibility index (Phi) is 7.82. The summed E-state index contributed by atoms with van der Waals surface area (Å²) in [6.45, 7) is 18.5. The fraction of sp³-hybridized carbons (Fsp3) is 0.759. The molecule has 1 heterocycles. The summed E-state index contributed by atoms with van der Waals surface area (Å²) in [5.41, 5.74) is 1.11. The molecule has 0 spiro atoms. The number of ether oxygens (including phenoxy) is 4. The van der Waals surface area contributed by atoms with Crippen LogP contribution in [0.5, 0.6) is 5.75 Å². The first-order chi connectivity index (χ1) is 16.7. The van der Waals surface area contributed by atoms with Crippen molar-refractivity contribution in [3.63, 3.8) is 0 Å². The van der Waals surface area contributed by atoms with Crippen molar-refractivity contribution >= 4 is 14.1 Å². The van der Waals surface area contributed by atoms with Crippen molar-refractivity contribution in [1.29, 1.82) is 0 Å². The van der Waals surface area contributed by atoms with E-state index in [4.69, 9.17) is 23.4 Å². The molecule has 0 aromatic heterocycles. The van der Waals surface area contributed by atoms with Gasteiger partial charge in [0.05, 0.1) is 32.5 Å². The van der Waals surface area contributed by atoms with Crippen LogP contribution in [0, 0.1) is 23.7 Å². The van der Waals surface area contributed by atoms with Gasteiger partial charge in [-0.2, -0.15) is 0 Å². The van der Waals surface area contributed by atoms with E-state index in [1.54, 1.807) is 7.11 Å². The van der Waals surface area contributed by atoms with E-state index in [-0.39, 0.29) is 47.0 Å². The first-order valence-corrected chi connectivity index (χ1v) is 16.4. The molecular weight excluding hydrogens is 472 g/mol. The van der Waals surface area contributed by atoms with Crippen LogP contribution in [-0.4, -0.2) is 51.9 Å². The molecule has 36 heavy (non-hydrogen) atoms. The zero-order chi connectivity index (χ0) is 26.5. The van der Waals surface area contributed by atoms with Crippen molar-refractivity contribution in [2.75, 3.05) is 13.7 Å². The van der Waals surface area contributed by atoms with Gasteiger partial charge in [0, 0.05) is 24.4 Å². The quantitative estimate of drug-likeness (QED) is 0.394. The molecule has 3 saturated carbocycles. The topological polar surface area (TPSA) is 63.2 Å². The summed E-state index contributed by atoms with van der Waals surface area (Å²) in [4.78, 5) is 13.3. The number of hydrogen-bond donors (Lipinski definition) is 0. The molecular formula is C29H46O6Si. The monoisotopic (exact) mass is 518 g/mol. The summed E-state index contributed by atoms with van der Waals surface area (Å²) in [5.74, 6) is 0.855. The lowest BCUT2D eigenvalue weighted by atomic mass is 9.55. The van der Waals surface area contributed by atoms with Crippen molar-refractivity contribution in [3.05, 3.63) is 29.8 Å². The van der Waals surface area contributed by atoms with Crippen LogP contribution in [0.4, 0.5) is 0 Å². The van der Waals surface area contributed by atoms with Crippen LogP contribution in [0.25, 0.3) is 0 Å². The summed E-state index contributed by atoms with van der Waals surface area (Å²) in [6, 6.07) is 7.99. The maximum absolute atomic E-state index is 13.3. The van der Waals surface area contributed by atoms with Gasteiger partial charge in [-0.15, -0.1) is 0 Å². The van der Waals surface area contributed by atoms with Crippen LogP contribution in [-0.2, 0) is 30.0 Å². The molecule has 0 amide bonds. The van der Waals surface area contributed by atoms with Gasteiger partial charge in [-0.3, -0.25) is 4.79 Å². The van der Waals surface area contributed by atoms with Crippen LogP contribution in [0.1, 0.15) is 59.9 Å². The Morgan fingerprint density at radius 1 is 1.11 bits per heavy atom. The van der Waals surface area contributed by atoms with E-state index in [0.717, 1.165) is 17.7 Å². The lowest BCUT2D eigenvalue weighted by molar-refractivity contribution is -0.180. The summed E-state index contributed by atoms with van der Waals surface area (Å²) in [7, 11) is -0.313. The Bertz CT molecular complexity index is 921. The van der Waals surface area contributed by atoms with Gasteiger partial charge < -0.3 is 23.4 Å². The lowest BCUT2D eigenvalue weighted by Gasteiger charge is -2.55. The number of ketones is 1. The second kappa shape index (κ2) is 10.1. The predicted molar refractivity (Wildman–Crippen MR) is 142 cm³/mol. The van der Waals surface area contributed by atoms with Gasteiger partial charge in [0.1, 0.15) is 11.5 Å². The van der Waals surface area contributed by atoms with Crippen molar-refractivity contribution in [3.8, 4) is 5.75 Å². The Balaban J connectivity index is 1.56. The third kappa shape index (κ3) is 5.60. The molecule has 4 fully saturated rings. The van der Waals surface area contributed by atoms with Gasteiger partial charge in [-0.05, 0) is 74.9 Å². The van der Waals surface area contributed by atoms with E-state index < -0.39 is 14.1 Å². The van der Waals surface area contributed by atoms with Crippen molar-refractivity contribution in [2.24, 2.45) is 23.7 Å². The Morgan fingerprint density at radius 3 is 2.33 bits per heavy atom. The van der Waals surface area contributed by atoms with Gasteiger partial charge in [-0.1, -0.05) is 32.9 Å². The summed E-state index contributed by atoms with van der Waals surface area (Å²) >= 11 is 0. The van der Waals surface area contributed by atoms with E-state index in [0.29, 0.717) is 25.4 Å². The van der Waals surface area contributed by atoms with E-state index >= 15 is 0 Å². The average molecular weight is 519 g/mol. The Labute approximate surface area is 218 Å². The maximum atomic E-state index is 13.3. The van der Waals surface area contributed by atoms with Crippen LogP contribution in [0.15, 0.2) is 24.3 Å². The number of carbonyl (C=O) groups is 1. The minimum atomic E-state index is -1.98. The zero-order valence-electron chi connectivity index (χ0n) is 23.6. The smallest absolute Gasteiger partial charge is 0.192 e. The molecule has 1 aromatic carbocycles. The van der Waals surface area contributed by atoms with Gasteiger partial charge in [0.2, 0.25) is 0 Å². The molecule has 7 heteroatoms. The molecule has 2 bridgehead atoms. The van der Waals surface area contributed by atoms with Gasteiger partial charge in [-0.25, -0.2) is 0 Å². The minimum absolute atomic E-state index is 0.0685. The van der Waals surface area contributed by atoms with Gasteiger partial charge in [0.25, 0.3) is 0 Å². The van der Waals surface area contributed by atoms with E-state index in [1.807, 2.05) is 38.1 Å². The first kappa shape index (κ1) is 27.8. The van der Waals surface area contributed by atoms with Crippen LogP contribution < -0.4 is 4.74 Å². The molecule has 3 aliphatic carbocycles. The van der Waals surface area contributed by atoms with Gasteiger partial charge in [0.15, 0.2) is 14.1 Å².